The van der Waals surface area contributed by atoms with Crippen LogP contribution in [0.2, 0.25) is 0 Å². The average molecular weight is 383 g/mol. The summed E-state index contributed by atoms with van der Waals surface area (Å²) in [4.78, 5) is 26.8. The van der Waals surface area contributed by atoms with E-state index in [1.165, 1.54) is 4.90 Å². The summed E-state index contributed by atoms with van der Waals surface area (Å²) >= 11 is 0. The van der Waals surface area contributed by atoms with Crippen LogP contribution in [-0.2, 0) is 11.2 Å². The summed E-state index contributed by atoms with van der Waals surface area (Å²) in [6, 6.07) is 14.6. The van der Waals surface area contributed by atoms with Gasteiger partial charge in [0.1, 0.15) is 5.75 Å². The van der Waals surface area contributed by atoms with Crippen LogP contribution in [0.25, 0.3) is 0 Å². The van der Waals surface area contributed by atoms with Gasteiger partial charge in [0.25, 0.3) is 5.91 Å². The van der Waals surface area contributed by atoms with E-state index in [4.69, 9.17) is 10.5 Å². The Kier molecular flexibility index (Phi) is 7.58. The zero-order chi connectivity index (χ0) is 20.7. The molecule has 0 aliphatic carbocycles. The summed E-state index contributed by atoms with van der Waals surface area (Å²) in [6.07, 6.45) is 0.703. The summed E-state index contributed by atoms with van der Waals surface area (Å²) in [5.74, 6) is 0.136. The molecule has 2 atom stereocenters. The number of amides is 2. The van der Waals surface area contributed by atoms with Crippen molar-refractivity contribution in [3.8, 4) is 5.75 Å². The Balaban J connectivity index is 2.04. The molecule has 0 fully saturated rings. The van der Waals surface area contributed by atoms with Crippen LogP contribution in [0.1, 0.15) is 29.8 Å². The molecule has 0 aromatic heterocycles. The smallest absolute Gasteiger partial charge is 0.253 e. The number of carbonyl (C=O) groups is 2. The van der Waals surface area contributed by atoms with Crippen molar-refractivity contribution < 1.29 is 14.3 Å². The van der Waals surface area contributed by atoms with Gasteiger partial charge >= 0.3 is 0 Å². The molecule has 2 amide bonds. The van der Waals surface area contributed by atoms with Gasteiger partial charge in [-0.3, -0.25) is 9.59 Å². The van der Waals surface area contributed by atoms with E-state index in [0.29, 0.717) is 24.2 Å². The van der Waals surface area contributed by atoms with E-state index < -0.39 is 0 Å². The van der Waals surface area contributed by atoms with Crippen LogP contribution in [0.5, 0.6) is 5.75 Å². The number of nitrogens with two attached hydrogens (primary N) is 1. The Labute approximate surface area is 166 Å². The second-order valence-corrected chi connectivity index (χ2v) is 6.92. The van der Waals surface area contributed by atoms with Crippen molar-refractivity contribution in [3.05, 3.63) is 59.7 Å². The van der Waals surface area contributed by atoms with E-state index in [1.54, 1.807) is 46.2 Å². The van der Waals surface area contributed by atoms with E-state index in [9.17, 15) is 9.59 Å². The van der Waals surface area contributed by atoms with Crippen LogP contribution in [0.15, 0.2) is 48.5 Å². The van der Waals surface area contributed by atoms with Gasteiger partial charge in [-0.05, 0) is 43.2 Å². The minimum atomic E-state index is -0.337. The molecular formula is C22H29N3O3. The van der Waals surface area contributed by atoms with E-state index in [-0.39, 0.29) is 23.8 Å². The van der Waals surface area contributed by atoms with Crippen LogP contribution in [0, 0.1) is 5.92 Å². The molecule has 0 saturated carbocycles. The second kappa shape index (κ2) is 9.90. The van der Waals surface area contributed by atoms with E-state index in [2.05, 4.69) is 5.32 Å². The lowest BCUT2D eigenvalue weighted by atomic mass is 10.0. The molecule has 6 heteroatoms. The molecule has 28 heavy (non-hydrogen) atoms. The van der Waals surface area contributed by atoms with Crippen molar-refractivity contribution in [2.45, 2.75) is 26.3 Å². The number of hydrogen-bond donors (Lipinski definition) is 2. The first-order valence-corrected chi connectivity index (χ1v) is 9.38. The lowest BCUT2D eigenvalue weighted by molar-refractivity contribution is -0.122. The van der Waals surface area contributed by atoms with Crippen molar-refractivity contribution in [1.82, 2.24) is 5.32 Å². The molecule has 2 unspecified atom stereocenters. The number of para-hydroxylation sites is 1. The molecule has 0 spiro atoms. The van der Waals surface area contributed by atoms with Gasteiger partial charge in [0.2, 0.25) is 5.91 Å². The lowest BCUT2D eigenvalue weighted by Crippen LogP contribution is -2.40. The Bertz CT molecular complexity index is 803. The number of rotatable bonds is 8. The molecule has 0 radical (unpaired) electrons. The predicted molar refractivity (Wildman–Crippen MR) is 112 cm³/mol. The third kappa shape index (κ3) is 5.33. The van der Waals surface area contributed by atoms with Crippen LogP contribution in [0.4, 0.5) is 5.69 Å². The fourth-order valence-corrected chi connectivity index (χ4v) is 2.81. The van der Waals surface area contributed by atoms with Crippen LogP contribution in [-0.4, -0.2) is 38.6 Å². The maximum absolute atomic E-state index is 12.7. The lowest BCUT2D eigenvalue weighted by Gasteiger charge is -2.25. The molecule has 0 heterocycles. The predicted octanol–water partition coefficient (Wildman–Crippen LogP) is 2.61. The number of anilines is 1. The van der Waals surface area contributed by atoms with Gasteiger partial charge in [0.15, 0.2) is 0 Å². The number of ether oxygens (including phenoxy) is 1. The van der Waals surface area contributed by atoms with Crippen LogP contribution < -0.4 is 20.7 Å². The summed E-state index contributed by atoms with van der Waals surface area (Å²) in [6.45, 7) is 4.09. The molecule has 3 N–H and O–H groups in total. The summed E-state index contributed by atoms with van der Waals surface area (Å²) in [7, 11) is 3.30. The number of methoxy groups -OCH3 is 1. The van der Waals surface area contributed by atoms with Gasteiger partial charge in [-0.2, -0.15) is 0 Å². The summed E-state index contributed by atoms with van der Waals surface area (Å²) in [5.41, 5.74) is 7.99. The monoisotopic (exact) mass is 383 g/mol. The Morgan fingerprint density at radius 2 is 1.75 bits per heavy atom. The van der Waals surface area contributed by atoms with Gasteiger partial charge in [0.05, 0.1) is 24.3 Å². The van der Waals surface area contributed by atoms with E-state index in [0.717, 1.165) is 11.3 Å². The molecule has 0 aliphatic rings. The SMILES string of the molecule is COc1ccc(CCNC(=O)c2ccccc2N(C)C(=O)C(C)C(C)N)cc1. The highest BCUT2D eigenvalue weighted by atomic mass is 16.5. The number of nitrogens with one attached hydrogen (secondary N) is 1. The maximum atomic E-state index is 12.7. The van der Waals surface area contributed by atoms with Gasteiger partial charge in [-0.15, -0.1) is 0 Å². The fraction of sp³-hybridized carbons (Fsp3) is 0.364. The summed E-state index contributed by atoms with van der Waals surface area (Å²) < 4.78 is 5.15. The number of nitrogens with zero attached hydrogens (tertiary/aromatic N) is 1. The second-order valence-electron chi connectivity index (χ2n) is 6.92. The standard InChI is InChI=1S/C22H29N3O3/c1-15(16(2)23)22(27)25(3)20-8-6-5-7-19(20)21(26)24-14-13-17-9-11-18(28-4)12-10-17/h5-12,15-16H,13-14,23H2,1-4H3,(H,24,26). The first-order chi connectivity index (χ1) is 13.3. The van der Waals surface area contributed by atoms with Crippen molar-refractivity contribution in [3.63, 3.8) is 0 Å². The zero-order valence-corrected chi connectivity index (χ0v) is 16.9. The molecule has 2 rings (SSSR count). The zero-order valence-electron chi connectivity index (χ0n) is 16.9. The molecular weight excluding hydrogens is 354 g/mol. The highest BCUT2D eigenvalue weighted by Crippen LogP contribution is 2.21. The third-order valence-electron chi connectivity index (χ3n) is 4.88. The van der Waals surface area contributed by atoms with Gasteiger partial charge in [-0.1, -0.05) is 31.2 Å². The molecule has 0 aliphatic heterocycles. The highest BCUT2D eigenvalue weighted by molar-refractivity contribution is 6.05. The minimum absolute atomic E-state index is 0.117. The average Bonchev–Trinajstić information content (AvgIpc) is 2.72. The van der Waals surface area contributed by atoms with Crippen LogP contribution >= 0.6 is 0 Å². The number of hydrogen-bond acceptors (Lipinski definition) is 4. The Morgan fingerprint density at radius 3 is 2.36 bits per heavy atom. The molecule has 150 valence electrons. The maximum Gasteiger partial charge on any atom is 0.253 e. The number of benzene rings is 2. The number of carbonyl (C=O) groups excluding carboxylic acids is 2. The quantitative estimate of drug-likeness (QED) is 0.734. The van der Waals surface area contributed by atoms with Crippen molar-refractivity contribution in [1.29, 1.82) is 0 Å². The normalized spacial score (nSPS) is 12.8. The third-order valence-corrected chi connectivity index (χ3v) is 4.88. The van der Waals surface area contributed by atoms with E-state index >= 15 is 0 Å². The molecule has 0 saturated heterocycles. The molecule has 0 bridgehead atoms. The summed E-state index contributed by atoms with van der Waals surface area (Å²) in [5, 5.41) is 2.93. The van der Waals surface area contributed by atoms with Crippen molar-refractivity contribution in [2.24, 2.45) is 11.7 Å². The topological polar surface area (TPSA) is 84.7 Å². The van der Waals surface area contributed by atoms with Gasteiger partial charge in [0, 0.05) is 19.6 Å². The molecule has 2 aromatic rings. The van der Waals surface area contributed by atoms with Crippen molar-refractivity contribution >= 4 is 17.5 Å². The Morgan fingerprint density at radius 1 is 1.11 bits per heavy atom. The minimum Gasteiger partial charge on any atom is -0.497 e. The largest absolute Gasteiger partial charge is 0.497 e. The molecule has 2 aromatic carbocycles. The fourth-order valence-electron chi connectivity index (χ4n) is 2.81. The van der Waals surface area contributed by atoms with Crippen molar-refractivity contribution in [2.75, 3.05) is 25.6 Å². The first kappa shape index (κ1) is 21.4. The van der Waals surface area contributed by atoms with Gasteiger partial charge in [-0.25, -0.2) is 0 Å². The van der Waals surface area contributed by atoms with E-state index in [1.807, 2.05) is 30.3 Å². The molecule has 6 nitrogen and oxygen atoms in total. The Hall–Kier alpha value is -2.86. The van der Waals surface area contributed by atoms with Gasteiger partial charge < -0.3 is 20.7 Å². The first-order valence-electron chi connectivity index (χ1n) is 9.38. The van der Waals surface area contributed by atoms with Crippen LogP contribution in [0.3, 0.4) is 0 Å². The highest BCUT2D eigenvalue weighted by Gasteiger charge is 2.24.